The Hall–Kier alpha value is -3.93. The number of halogens is 1. The lowest BCUT2D eigenvalue weighted by Gasteiger charge is -2.28. The summed E-state index contributed by atoms with van der Waals surface area (Å²) in [7, 11) is 0. The first kappa shape index (κ1) is 38.5. The Balaban J connectivity index is 1.75. The van der Waals surface area contributed by atoms with Gasteiger partial charge in [-0.1, -0.05) is 12.1 Å². The van der Waals surface area contributed by atoms with Crippen molar-refractivity contribution in [3.63, 3.8) is 0 Å². The molecule has 12 heteroatoms. The van der Waals surface area contributed by atoms with Crippen molar-refractivity contribution in [2.45, 2.75) is 105 Å². The van der Waals surface area contributed by atoms with Gasteiger partial charge in [0, 0.05) is 44.5 Å². The van der Waals surface area contributed by atoms with E-state index in [1.165, 1.54) is 12.1 Å². The van der Waals surface area contributed by atoms with Gasteiger partial charge < -0.3 is 29.3 Å². The molecule has 0 unspecified atom stereocenters. The first-order valence-corrected chi connectivity index (χ1v) is 16.6. The summed E-state index contributed by atoms with van der Waals surface area (Å²) in [6.45, 7) is 20.3. The molecule has 0 spiro atoms. The molecule has 0 bridgehead atoms. The molecule has 3 amide bonds. The highest BCUT2D eigenvalue weighted by atomic mass is 19.1. The maximum absolute atomic E-state index is 13.4. The number of carbonyl (C=O) groups excluding carboxylic acids is 3. The number of nitrogens with zero attached hydrogens (tertiary/aromatic N) is 3. The number of ether oxygens (including phenoxy) is 3. The highest BCUT2D eigenvalue weighted by Gasteiger charge is 2.37. The number of rotatable bonds is 10. The number of carbonyl (C=O) groups is 3. The molecule has 1 fully saturated rings. The molecule has 11 nitrogen and oxygen atoms in total. The monoisotopic (exact) mass is 671 g/mol. The Bertz CT molecular complexity index is 1400. The van der Waals surface area contributed by atoms with Crippen molar-refractivity contribution >= 4 is 24.1 Å². The summed E-state index contributed by atoms with van der Waals surface area (Å²) < 4.78 is 30.2. The van der Waals surface area contributed by atoms with Gasteiger partial charge in [0.15, 0.2) is 0 Å². The van der Waals surface area contributed by atoms with Crippen LogP contribution in [0.5, 0.6) is 0 Å². The Kier molecular flexibility index (Phi) is 12.8. The molecule has 0 aliphatic carbocycles. The zero-order valence-corrected chi connectivity index (χ0v) is 30.2. The van der Waals surface area contributed by atoms with Crippen LogP contribution in [-0.2, 0) is 27.1 Å². The van der Waals surface area contributed by atoms with Crippen molar-refractivity contribution in [2.24, 2.45) is 5.92 Å². The first-order chi connectivity index (χ1) is 22.2. The Morgan fingerprint density at radius 1 is 0.896 bits per heavy atom. The van der Waals surface area contributed by atoms with Crippen LogP contribution in [0.25, 0.3) is 0 Å². The summed E-state index contributed by atoms with van der Waals surface area (Å²) in [5.74, 6) is 0.0465. The average Bonchev–Trinajstić information content (AvgIpc) is 3.30. The van der Waals surface area contributed by atoms with Gasteiger partial charge in [-0.15, -0.1) is 0 Å². The van der Waals surface area contributed by atoms with Crippen LogP contribution in [0.1, 0.15) is 79.1 Å². The van der Waals surface area contributed by atoms with Crippen LogP contribution in [0.3, 0.4) is 0 Å². The summed E-state index contributed by atoms with van der Waals surface area (Å²) in [5.41, 5.74) is 0.640. The number of amides is 3. The number of hydrogen-bond acceptors (Lipinski definition) is 8. The molecule has 1 aliphatic rings. The SMILES string of the molecule is Cc1cc(C[C@H]2CN(C(=O)OC(C)(C)C)C[C@H]2NCCN(CCc2ccc(F)cc2)C(=O)OC(C)(C)C)nc(NC(=O)OC(C)(C)C)c1. The smallest absolute Gasteiger partial charge is 0.413 e. The molecule has 2 atom stereocenters. The van der Waals surface area contributed by atoms with Crippen LogP contribution in [0.2, 0.25) is 0 Å². The van der Waals surface area contributed by atoms with E-state index in [9.17, 15) is 18.8 Å². The predicted octanol–water partition coefficient (Wildman–Crippen LogP) is 6.72. The molecule has 0 saturated carbocycles. The molecular formula is C36H54FN5O6. The minimum Gasteiger partial charge on any atom is -0.444 e. The molecule has 3 rings (SSSR count). The van der Waals surface area contributed by atoms with E-state index in [1.54, 1.807) is 48.8 Å². The molecule has 48 heavy (non-hydrogen) atoms. The average molecular weight is 672 g/mol. The zero-order valence-electron chi connectivity index (χ0n) is 30.2. The van der Waals surface area contributed by atoms with Crippen LogP contribution >= 0.6 is 0 Å². The number of benzene rings is 1. The molecular weight excluding hydrogens is 617 g/mol. The number of likely N-dealkylation sites (tertiary alicyclic amines) is 1. The summed E-state index contributed by atoms with van der Waals surface area (Å²) in [6, 6.07) is 9.86. The molecule has 1 saturated heterocycles. The third kappa shape index (κ3) is 13.7. The summed E-state index contributed by atoms with van der Waals surface area (Å²) in [6.07, 6.45) is -0.342. The highest BCUT2D eigenvalue weighted by Crippen LogP contribution is 2.25. The number of nitrogens with one attached hydrogen (secondary N) is 2. The number of aromatic nitrogens is 1. The van der Waals surface area contributed by atoms with E-state index in [2.05, 4.69) is 15.6 Å². The lowest BCUT2D eigenvalue weighted by molar-refractivity contribution is 0.0251. The Morgan fingerprint density at radius 3 is 2.12 bits per heavy atom. The third-order valence-corrected chi connectivity index (χ3v) is 7.24. The normalized spacial score (nSPS) is 16.8. The minimum atomic E-state index is -0.666. The maximum atomic E-state index is 13.4. The number of aryl methyl sites for hydroxylation is 1. The fourth-order valence-corrected chi connectivity index (χ4v) is 5.29. The molecule has 1 aliphatic heterocycles. The number of hydrogen-bond donors (Lipinski definition) is 2. The molecule has 1 aromatic heterocycles. The van der Waals surface area contributed by atoms with Crippen molar-refractivity contribution in [2.75, 3.05) is 38.0 Å². The van der Waals surface area contributed by atoms with Crippen molar-refractivity contribution in [3.8, 4) is 0 Å². The number of pyridine rings is 1. The quantitative estimate of drug-likeness (QED) is 0.267. The van der Waals surface area contributed by atoms with Crippen molar-refractivity contribution in [1.29, 1.82) is 0 Å². The van der Waals surface area contributed by atoms with E-state index < -0.39 is 35.1 Å². The molecule has 2 N–H and O–H groups in total. The van der Waals surface area contributed by atoms with E-state index in [-0.39, 0.29) is 17.8 Å². The second kappa shape index (κ2) is 16.0. The fraction of sp³-hybridized carbons (Fsp3) is 0.611. The van der Waals surface area contributed by atoms with Gasteiger partial charge in [0.1, 0.15) is 28.4 Å². The third-order valence-electron chi connectivity index (χ3n) is 7.24. The molecule has 1 aromatic carbocycles. The molecule has 0 radical (unpaired) electrons. The highest BCUT2D eigenvalue weighted by molar-refractivity contribution is 5.83. The Morgan fingerprint density at radius 2 is 1.52 bits per heavy atom. The van der Waals surface area contributed by atoms with E-state index in [4.69, 9.17) is 14.2 Å². The van der Waals surface area contributed by atoms with Crippen LogP contribution in [0.4, 0.5) is 24.6 Å². The lowest BCUT2D eigenvalue weighted by atomic mass is 9.97. The van der Waals surface area contributed by atoms with Gasteiger partial charge in [-0.05, 0) is 123 Å². The summed E-state index contributed by atoms with van der Waals surface area (Å²) >= 11 is 0. The minimum absolute atomic E-state index is 0.0320. The van der Waals surface area contributed by atoms with Gasteiger partial charge in [0.05, 0.1) is 0 Å². The second-order valence-corrected chi connectivity index (χ2v) is 15.4. The van der Waals surface area contributed by atoms with Gasteiger partial charge in [-0.2, -0.15) is 0 Å². The maximum Gasteiger partial charge on any atom is 0.413 e. The topological polar surface area (TPSA) is 122 Å². The summed E-state index contributed by atoms with van der Waals surface area (Å²) in [5, 5.41) is 6.30. The van der Waals surface area contributed by atoms with Crippen molar-refractivity contribution in [3.05, 3.63) is 59.0 Å². The zero-order chi connectivity index (χ0) is 35.9. The van der Waals surface area contributed by atoms with Gasteiger partial charge in [0.2, 0.25) is 0 Å². The van der Waals surface area contributed by atoms with Gasteiger partial charge in [-0.3, -0.25) is 5.32 Å². The van der Waals surface area contributed by atoms with Crippen LogP contribution in [0, 0.1) is 18.7 Å². The first-order valence-electron chi connectivity index (χ1n) is 16.6. The number of anilines is 1. The van der Waals surface area contributed by atoms with E-state index >= 15 is 0 Å². The fourth-order valence-electron chi connectivity index (χ4n) is 5.29. The van der Waals surface area contributed by atoms with E-state index in [1.807, 2.05) is 54.5 Å². The standard InChI is InChI=1S/C36H54FN5O6/c1-24-19-28(39-30(20-24)40-31(43)46-34(2,3)4)21-26-22-42(33(45)48-36(8,9)10)23-29(26)38-16-18-41(32(44)47-35(5,6)7)17-15-25-11-13-27(37)14-12-25/h11-14,19-20,26,29,38H,15-18,21-23H2,1-10H3,(H,39,40,43)/t26-,29+/m0/s1. The van der Waals surface area contributed by atoms with E-state index in [0.29, 0.717) is 51.4 Å². The van der Waals surface area contributed by atoms with Gasteiger partial charge in [-0.25, -0.2) is 23.8 Å². The van der Waals surface area contributed by atoms with Crippen LogP contribution in [-0.4, -0.2) is 88.6 Å². The van der Waals surface area contributed by atoms with Crippen molar-refractivity contribution < 1.29 is 33.0 Å². The molecule has 2 heterocycles. The van der Waals surface area contributed by atoms with Gasteiger partial charge in [0.25, 0.3) is 0 Å². The van der Waals surface area contributed by atoms with E-state index in [0.717, 1.165) is 16.8 Å². The predicted molar refractivity (Wildman–Crippen MR) is 184 cm³/mol. The molecule has 266 valence electrons. The Labute approximate surface area is 284 Å². The largest absolute Gasteiger partial charge is 0.444 e. The van der Waals surface area contributed by atoms with Crippen LogP contribution < -0.4 is 10.6 Å². The summed E-state index contributed by atoms with van der Waals surface area (Å²) in [4.78, 5) is 46.7. The van der Waals surface area contributed by atoms with Crippen LogP contribution in [0.15, 0.2) is 36.4 Å². The second-order valence-electron chi connectivity index (χ2n) is 15.4. The lowest BCUT2D eigenvalue weighted by Crippen LogP contribution is -2.45. The van der Waals surface area contributed by atoms with Gasteiger partial charge >= 0.3 is 18.3 Å². The van der Waals surface area contributed by atoms with Crippen molar-refractivity contribution in [1.82, 2.24) is 20.1 Å². The molecule has 2 aromatic rings.